The van der Waals surface area contributed by atoms with E-state index in [1.807, 2.05) is 19.1 Å². The third-order valence-electron chi connectivity index (χ3n) is 5.02. The van der Waals surface area contributed by atoms with E-state index in [9.17, 15) is 20.0 Å². The summed E-state index contributed by atoms with van der Waals surface area (Å²) < 4.78 is 0. The van der Waals surface area contributed by atoms with Crippen LogP contribution in [0.25, 0.3) is 10.8 Å². The van der Waals surface area contributed by atoms with Gasteiger partial charge in [0, 0.05) is 22.2 Å². The van der Waals surface area contributed by atoms with Crippen molar-refractivity contribution in [3.8, 4) is 5.75 Å². The molecule has 0 fully saturated rings. The summed E-state index contributed by atoms with van der Waals surface area (Å²) in [6.07, 6.45) is 0. The Labute approximate surface area is 193 Å². The number of anilines is 1. The van der Waals surface area contributed by atoms with E-state index in [1.54, 1.807) is 42.5 Å². The molecule has 1 amide bonds. The number of halogens is 1. The number of para-hydroxylation sites is 1. The number of hydrogen-bond donors (Lipinski definition) is 2. The van der Waals surface area contributed by atoms with E-state index < -0.39 is 10.8 Å². The van der Waals surface area contributed by atoms with Gasteiger partial charge in [0.1, 0.15) is 5.69 Å². The molecular formula is C24H17ClN4O4. The maximum atomic E-state index is 13.0. The van der Waals surface area contributed by atoms with Gasteiger partial charge in [-0.3, -0.25) is 14.9 Å². The van der Waals surface area contributed by atoms with Crippen molar-refractivity contribution >= 4 is 51.0 Å². The molecule has 0 saturated heterocycles. The van der Waals surface area contributed by atoms with E-state index in [4.69, 9.17) is 11.6 Å². The summed E-state index contributed by atoms with van der Waals surface area (Å²) in [5.74, 6) is -0.915. The molecular weight excluding hydrogens is 444 g/mol. The summed E-state index contributed by atoms with van der Waals surface area (Å²) in [5.41, 5.74) is 1.12. The van der Waals surface area contributed by atoms with Crippen molar-refractivity contribution in [3.05, 3.63) is 99.1 Å². The van der Waals surface area contributed by atoms with E-state index in [0.29, 0.717) is 16.5 Å². The minimum absolute atomic E-state index is 0.00323. The lowest BCUT2D eigenvalue weighted by atomic mass is 10.0. The SMILES string of the molecule is Cc1ccccc1NC(=O)c1cc2ccccc2c(N=Nc2ccc(Cl)cc2[N+](=O)[O-])c1O. The van der Waals surface area contributed by atoms with Crippen molar-refractivity contribution < 1.29 is 14.8 Å². The lowest BCUT2D eigenvalue weighted by molar-refractivity contribution is -0.384. The van der Waals surface area contributed by atoms with Gasteiger partial charge in [-0.25, -0.2) is 0 Å². The minimum Gasteiger partial charge on any atom is -0.505 e. The first kappa shape index (κ1) is 21.9. The first-order chi connectivity index (χ1) is 15.8. The monoisotopic (exact) mass is 460 g/mol. The fourth-order valence-electron chi connectivity index (χ4n) is 3.33. The van der Waals surface area contributed by atoms with Gasteiger partial charge in [0.25, 0.3) is 11.6 Å². The molecule has 0 radical (unpaired) electrons. The van der Waals surface area contributed by atoms with E-state index >= 15 is 0 Å². The first-order valence-corrected chi connectivity index (χ1v) is 10.2. The van der Waals surface area contributed by atoms with Gasteiger partial charge in [0.15, 0.2) is 11.4 Å². The predicted octanol–water partition coefficient (Wildman–Crippen LogP) is 7.08. The largest absolute Gasteiger partial charge is 0.505 e. The van der Waals surface area contributed by atoms with E-state index in [0.717, 1.165) is 5.56 Å². The molecule has 33 heavy (non-hydrogen) atoms. The zero-order chi connectivity index (χ0) is 23.5. The van der Waals surface area contributed by atoms with Crippen LogP contribution < -0.4 is 5.32 Å². The van der Waals surface area contributed by atoms with Crippen LogP contribution in [-0.4, -0.2) is 15.9 Å². The number of rotatable bonds is 5. The number of benzene rings is 4. The topological polar surface area (TPSA) is 117 Å². The zero-order valence-electron chi connectivity index (χ0n) is 17.3. The number of carbonyl (C=O) groups excluding carboxylic acids is 1. The Morgan fingerprint density at radius 2 is 1.76 bits per heavy atom. The van der Waals surface area contributed by atoms with Crippen molar-refractivity contribution in [2.45, 2.75) is 6.92 Å². The highest BCUT2D eigenvalue weighted by Crippen LogP contribution is 2.40. The number of nitro benzene ring substituents is 1. The number of nitrogens with one attached hydrogen (secondary N) is 1. The average molecular weight is 461 g/mol. The van der Waals surface area contributed by atoms with E-state index in [2.05, 4.69) is 15.5 Å². The zero-order valence-corrected chi connectivity index (χ0v) is 18.1. The molecule has 0 bridgehead atoms. The summed E-state index contributed by atoms with van der Waals surface area (Å²) in [5, 5.41) is 34.5. The molecule has 0 unspecified atom stereocenters. The van der Waals surface area contributed by atoms with Crippen LogP contribution in [0.5, 0.6) is 5.75 Å². The van der Waals surface area contributed by atoms with Crippen LogP contribution in [0.2, 0.25) is 5.02 Å². The molecule has 0 heterocycles. The number of nitro groups is 1. The number of amides is 1. The number of nitrogens with zero attached hydrogens (tertiary/aromatic N) is 3. The van der Waals surface area contributed by atoms with E-state index in [-0.39, 0.29) is 33.4 Å². The second-order valence-electron chi connectivity index (χ2n) is 7.20. The van der Waals surface area contributed by atoms with Crippen LogP contribution in [0.15, 0.2) is 83.0 Å². The fraction of sp³-hybridized carbons (Fsp3) is 0.0417. The fourth-order valence-corrected chi connectivity index (χ4v) is 3.49. The van der Waals surface area contributed by atoms with Gasteiger partial charge in [-0.15, -0.1) is 10.2 Å². The van der Waals surface area contributed by atoms with Crippen LogP contribution in [0.1, 0.15) is 15.9 Å². The molecule has 0 saturated carbocycles. The lowest BCUT2D eigenvalue weighted by Crippen LogP contribution is -2.13. The summed E-state index contributed by atoms with van der Waals surface area (Å²) in [4.78, 5) is 23.7. The highest BCUT2D eigenvalue weighted by atomic mass is 35.5. The van der Waals surface area contributed by atoms with Crippen molar-refractivity contribution in [1.82, 2.24) is 0 Å². The molecule has 4 aromatic rings. The highest BCUT2D eigenvalue weighted by molar-refractivity contribution is 6.30. The molecule has 8 nitrogen and oxygen atoms in total. The third kappa shape index (κ3) is 4.51. The minimum atomic E-state index is -0.621. The lowest BCUT2D eigenvalue weighted by Gasteiger charge is -2.12. The predicted molar refractivity (Wildman–Crippen MR) is 127 cm³/mol. The molecule has 0 aromatic heterocycles. The van der Waals surface area contributed by atoms with Gasteiger partial charge in [0.2, 0.25) is 0 Å². The number of phenolic OH excluding ortho intramolecular Hbond substituents is 1. The van der Waals surface area contributed by atoms with Gasteiger partial charge in [0.05, 0.1) is 10.5 Å². The van der Waals surface area contributed by atoms with Crippen molar-refractivity contribution in [1.29, 1.82) is 0 Å². The van der Waals surface area contributed by atoms with Gasteiger partial charge >= 0.3 is 0 Å². The number of fused-ring (bicyclic) bond motifs is 1. The Bertz CT molecular complexity index is 1440. The molecule has 4 aromatic carbocycles. The smallest absolute Gasteiger partial charge is 0.298 e. The molecule has 164 valence electrons. The van der Waals surface area contributed by atoms with Gasteiger partial charge < -0.3 is 10.4 Å². The standard InChI is InChI=1S/C24H17ClN4O4/c1-14-6-2-5-9-19(14)26-24(31)18-12-15-7-3-4-8-17(15)22(23(18)30)28-27-20-11-10-16(25)13-21(20)29(32)33/h2-13,30H,1H3,(H,26,31). The van der Waals surface area contributed by atoms with Gasteiger partial charge in [-0.05, 0) is 42.1 Å². The van der Waals surface area contributed by atoms with Crippen LogP contribution in [0.3, 0.4) is 0 Å². The van der Waals surface area contributed by atoms with Crippen LogP contribution in [-0.2, 0) is 0 Å². The average Bonchev–Trinajstić information content (AvgIpc) is 2.80. The van der Waals surface area contributed by atoms with Crippen molar-refractivity contribution in [2.24, 2.45) is 10.2 Å². The quantitative estimate of drug-likeness (QED) is 0.188. The van der Waals surface area contributed by atoms with Crippen molar-refractivity contribution in [2.75, 3.05) is 5.32 Å². The van der Waals surface area contributed by atoms with Crippen LogP contribution in [0.4, 0.5) is 22.7 Å². The van der Waals surface area contributed by atoms with Gasteiger partial charge in [-0.2, -0.15) is 0 Å². The molecule has 0 aliphatic rings. The van der Waals surface area contributed by atoms with Crippen LogP contribution >= 0.6 is 11.6 Å². The second kappa shape index (κ2) is 9.05. The van der Waals surface area contributed by atoms with Gasteiger partial charge in [-0.1, -0.05) is 54.1 Å². The summed E-state index contributed by atoms with van der Waals surface area (Å²) in [7, 11) is 0. The molecule has 0 spiro atoms. The molecule has 2 N–H and O–H groups in total. The normalized spacial score (nSPS) is 11.1. The number of azo groups is 1. The highest BCUT2D eigenvalue weighted by Gasteiger charge is 2.20. The molecule has 4 rings (SSSR count). The summed E-state index contributed by atoms with van der Waals surface area (Å²) in [6, 6.07) is 19.8. The Morgan fingerprint density at radius 1 is 1.03 bits per heavy atom. The second-order valence-corrected chi connectivity index (χ2v) is 7.64. The molecule has 0 aliphatic heterocycles. The maximum Gasteiger partial charge on any atom is 0.298 e. The maximum absolute atomic E-state index is 13.0. The first-order valence-electron chi connectivity index (χ1n) is 9.82. The Morgan fingerprint density at radius 3 is 2.52 bits per heavy atom. The number of carbonyl (C=O) groups is 1. The molecule has 0 aliphatic carbocycles. The van der Waals surface area contributed by atoms with Crippen LogP contribution in [0, 0.1) is 17.0 Å². The number of hydrogen-bond acceptors (Lipinski definition) is 6. The Hall–Kier alpha value is -4.30. The summed E-state index contributed by atoms with van der Waals surface area (Å²) in [6.45, 7) is 1.86. The van der Waals surface area contributed by atoms with Crippen molar-refractivity contribution in [3.63, 3.8) is 0 Å². The summed E-state index contributed by atoms with van der Waals surface area (Å²) >= 11 is 5.85. The molecule has 9 heteroatoms. The Kier molecular flexibility index (Phi) is 6.01. The number of aryl methyl sites for hydroxylation is 1. The number of phenols is 1. The van der Waals surface area contributed by atoms with E-state index in [1.165, 1.54) is 18.2 Å². The third-order valence-corrected chi connectivity index (χ3v) is 5.26. The number of aromatic hydroxyl groups is 1. The Balaban J connectivity index is 1.81. The molecule has 0 atom stereocenters.